The summed E-state index contributed by atoms with van der Waals surface area (Å²) in [4.78, 5) is 52.3. The van der Waals surface area contributed by atoms with Crippen LogP contribution in [-0.4, -0.2) is 43.9 Å². The fraction of sp³-hybridized carbons (Fsp3) is 0.538. The summed E-state index contributed by atoms with van der Waals surface area (Å²) in [6.45, 7) is 2.13. The van der Waals surface area contributed by atoms with Gasteiger partial charge in [0.05, 0.1) is 0 Å². The Morgan fingerprint density at radius 3 is 2.71 bits per heavy atom. The minimum atomic E-state index is -1.27. The highest BCUT2D eigenvalue weighted by Crippen LogP contribution is 2.34. The van der Waals surface area contributed by atoms with Crippen LogP contribution in [0, 0.1) is 0 Å². The maximum absolute atomic E-state index is 12.5. The molecule has 0 aliphatic carbocycles. The molecule has 3 N–H and O–H groups in total. The van der Waals surface area contributed by atoms with Crippen LogP contribution in [0.25, 0.3) is 0 Å². The smallest absolute Gasteiger partial charge is 0.329 e. The van der Waals surface area contributed by atoms with E-state index in [-0.39, 0.29) is 12.1 Å². The van der Waals surface area contributed by atoms with E-state index in [0.717, 1.165) is 6.20 Å². The zero-order valence-electron chi connectivity index (χ0n) is 11.6. The van der Waals surface area contributed by atoms with E-state index in [2.05, 4.69) is 4.98 Å². The van der Waals surface area contributed by atoms with Crippen molar-refractivity contribution >= 4 is 11.9 Å². The second kappa shape index (κ2) is 5.55. The lowest BCUT2D eigenvalue weighted by Crippen LogP contribution is -2.54. The number of carbonyl (C=O) groups is 2. The van der Waals surface area contributed by atoms with Crippen LogP contribution in [0.3, 0.4) is 0 Å². The number of carboxylic acid groups (broad SMARTS) is 1. The lowest BCUT2D eigenvalue weighted by Gasteiger charge is -2.34. The standard InChI is InChI=1S/C13H17N3O5/c1-2-4-13(11(19)20)5-3-6-16(13)10(18)8-7-14-12(21)15-9(8)17/h7H,2-6H2,1H3,(H,19,20)(H2,14,15,17,21). The van der Waals surface area contributed by atoms with Gasteiger partial charge in [0, 0.05) is 12.7 Å². The van der Waals surface area contributed by atoms with Crippen molar-refractivity contribution in [3.8, 4) is 0 Å². The number of carbonyl (C=O) groups excluding carboxylic acids is 1. The molecule has 0 spiro atoms. The summed E-state index contributed by atoms with van der Waals surface area (Å²) in [6, 6.07) is 0. The van der Waals surface area contributed by atoms with Gasteiger partial charge in [0.1, 0.15) is 11.1 Å². The molecule has 0 aromatic carbocycles. The Kier molecular flexibility index (Phi) is 3.97. The van der Waals surface area contributed by atoms with Gasteiger partial charge in [-0.1, -0.05) is 13.3 Å². The summed E-state index contributed by atoms with van der Waals surface area (Å²) in [7, 11) is 0. The molecule has 1 fully saturated rings. The van der Waals surface area contributed by atoms with Crippen molar-refractivity contribution in [2.24, 2.45) is 0 Å². The molecule has 1 aliphatic heterocycles. The zero-order chi connectivity index (χ0) is 15.6. The van der Waals surface area contributed by atoms with Gasteiger partial charge in [0.15, 0.2) is 0 Å². The SMILES string of the molecule is CCCC1(C(=O)O)CCCN1C(=O)c1c[nH]c(=O)[nH]c1=O. The van der Waals surface area contributed by atoms with Crippen LogP contribution in [0.15, 0.2) is 15.8 Å². The number of likely N-dealkylation sites (tertiary alicyclic amines) is 1. The molecule has 8 nitrogen and oxygen atoms in total. The van der Waals surface area contributed by atoms with Gasteiger partial charge in [-0.25, -0.2) is 9.59 Å². The molecule has 1 unspecified atom stereocenters. The Morgan fingerprint density at radius 1 is 1.43 bits per heavy atom. The largest absolute Gasteiger partial charge is 0.479 e. The third-order valence-electron chi connectivity index (χ3n) is 3.85. The van der Waals surface area contributed by atoms with Gasteiger partial charge in [0.2, 0.25) is 0 Å². The highest BCUT2D eigenvalue weighted by Gasteiger charge is 2.49. The first kappa shape index (κ1) is 15.0. The van der Waals surface area contributed by atoms with E-state index in [4.69, 9.17) is 0 Å². The quantitative estimate of drug-likeness (QED) is 0.717. The number of aromatic nitrogens is 2. The summed E-state index contributed by atoms with van der Waals surface area (Å²) in [5, 5.41) is 9.54. The number of hydrogen-bond donors (Lipinski definition) is 3. The molecule has 21 heavy (non-hydrogen) atoms. The van der Waals surface area contributed by atoms with Gasteiger partial charge >= 0.3 is 11.7 Å². The van der Waals surface area contributed by atoms with Crippen molar-refractivity contribution in [1.29, 1.82) is 0 Å². The summed E-state index contributed by atoms with van der Waals surface area (Å²) in [5.41, 5.74) is -3.05. The van der Waals surface area contributed by atoms with Gasteiger partial charge in [-0.2, -0.15) is 0 Å². The Hall–Kier alpha value is -2.38. The monoisotopic (exact) mass is 295 g/mol. The van der Waals surface area contributed by atoms with Crippen molar-refractivity contribution in [2.45, 2.75) is 38.1 Å². The number of carboxylic acids is 1. The lowest BCUT2D eigenvalue weighted by atomic mass is 9.90. The minimum Gasteiger partial charge on any atom is -0.479 e. The average Bonchev–Trinajstić information content (AvgIpc) is 2.83. The lowest BCUT2D eigenvalue weighted by molar-refractivity contribution is -0.148. The number of aliphatic carboxylic acids is 1. The van der Waals surface area contributed by atoms with Crippen LogP contribution in [0.5, 0.6) is 0 Å². The van der Waals surface area contributed by atoms with E-state index in [9.17, 15) is 24.3 Å². The van der Waals surface area contributed by atoms with Crippen LogP contribution in [0.4, 0.5) is 0 Å². The van der Waals surface area contributed by atoms with E-state index in [1.165, 1.54) is 4.90 Å². The minimum absolute atomic E-state index is 0.252. The molecule has 1 atom stereocenters. The third-order valence-corrected chi connectivity index (χ3v) is 3.85. The van der Waals surface area contributed by atoms with E-state index < -0.39 is 28.7 Å². The molecule has 1 aliphatic rings. The highest BCUT2D eigenvalue weighted by molar-refractivity contribution is 5.97. The maximum atomic E-state index is 12.5. The molecule has 0 saturated carbocycles. The van der Waals surface area contributed by atoms with Crippen molar-refractivity contribution in [2.75, 3.05) is 6.54 Å². The van der Waals surface area contributed by atoms with Gasteiger partial charge in [-0.3, -0.25) is 14.6 Å². The van der Waals surface area contributed by atoms with E-state index in [1.54, 1.807) is 0 Å². The van der Waals surface area contributed by atoms with E-state index >= 15 is 0 Å². The number of H-pyrrole nitrogens is 2. The molecule has 114 valence electrons. The molecular weight excluding hydrogens is 278 g/mol. The number of nitrogens with zero attached hydrogens (tertiary/aromatic N) is 1. The number of nitrogens with one attached hydrogen (secondary N) is 2. The van der Waals surface area contributed by atoms with Crippen LogP contribution in [-0.2, 0) is 4.79 Å². The van der Waals surface area contributed by atoms with Gasteiger partial charge in [-0.15, -0.1) is 0 Å². The molecule has 1 aromatic rings. The molecule has 0 radical (unpaired) electrons. The van der Waals surface area contributed by atoms with Crippen LogP contribution in [0.1, 0.15) is 43.0 Å². The Bertz CT molecular complexity index is 677. The molecule has 2 heterocycles. The second-order valence-corrected chi connectivity index (χ2v) is 5.13. The molecule has 2 rings (SSSR count). The van der Waals surface area contributed by atoms with Crippen LogP contribution < -0.4 is 11.2 Å². The zero-order valence-corrected chi connectivity index (χ0v) is 11.6. The van der Waals surface area contributed by atoms with Crippen molar-refractivity contribution < 1.29 is 14.7 Å². The highest BCUT2D eigenvalue weighted by atomic mass is 16.4. The predicted molar refractivity (Wildman–Crippen MR) is 73.2 cm³/mol. The summed E-state index contributed by atoms with van der Waals surface area (Å²) in [6.07, 6.45) is 2.90. The Labute approximate surface area is 119 Å². The fourth-order valence-corrected chi connectivity index (χ4v) is 2.89. The van der Waals surface area contributed by atoms with Crippen molar-refractivity contribution in [3.05, 3.63) is 32.6 Å². The van der Waals surface area contributed by atoms with Crippen LogP contribution in [0.2, 0.25) is 0 Å². The number of hydrogen-bond acceptors (Lipinski definition) is 4. The molecule has 8 heteroatoms. The predicted octanol–water partition coefficient (Wildman–Crippen LogP) is -0.0773. The van der Waals surface area contributed by atoms with Crippen molar-refractivity contribution in [3.63, 3.8) is 0 Å². The third kappa shape index (κ3) is 2.48. The Morgan fingerprint density at radius 2 is 2.14 bits per heavy atom. The Balaban J connectivity index is 2.43. The summed E-state index contributed by atoms with van der Waals surface area (Å²) < 4.78 is 0. The second-order valence-electron chi connectivity index (χ2n) is 5.13. The van der Waals surface area contributed by atoms with Crippen LogP contribution >= 0.6 is 0 Å². The summed E-state index contributed by atoms with van der Waals surface area (Å²) in [5.74, 6) is -1.73. The van der Waals surface area contributed by atoms with Crippen molar-refractivity contribution in [1.82, 2.24) is 14.9 Å². The molecule has 1 amide bonds. The van der Waals surface area contributed by atoms with Gasteiger partial charge in [-0.05, 0) is 19.3 Å². The fourth-order valence-electron chi connectivity index (χ4n) is 2.89. The first-order valence-corrected chi connectivity index (χ1v) is 6.80. The topological polar surface area (TPSA) is 123 Å². The van der Waals surface area contributed by atoms with Gasteiger partial charge < -0.3 is 15.0 Å². The molecule has 0 bridgehead atoms. The summed E-state index contributed by atoms with van der Waals surface area (Å²) >= 11 is 0. The normalized spacial score (nSPS) is 21.5. The number of rotatable bonds is 4. The van der Waals surface area contributed by atoms with Gasteiger partial charge in [0.25, 0.3) is 11.5 Å². The van der Waals surface area contributed by atoms with E-state index in [0.29, 0.717) is 25.7 Å². The number of amides is 1. The first-order valence-electron chi connectivity index (χ1n) is 6.80. The number of aromatic amines is 2. The molecule has 1 saturated heterocycles. The molecule has 1 aromatic heterocycles. The molecular formula is C13H17N3O5. The average molecular weight is 295 g/mol. The first-order chi connectivity index (χ1) is 9.92. The van der Waals surface area contributed by atoms with E-state index in [1.807, 2.05) is 11.9 Å². The maximum Gasteiger partial charge on any atom is 0.329 e.